The van der Waals surface area contributed by atoms with Crippen LogP contribution >= 0.6 is 45.5 Å². The van der Waals surface area contributed by atoms with Crippen LogP contribution < -0.4 is 15.6 Å². The summed E-state index contributed by atoms with van der Waals surface area (Å²) in [6, 6.07) is 11.8. The number of aliphatic hydroxyl groups is 2. The van der Waals surface area contributed by atoms with Gasteiger partial charge in [-0.15, -0.1) is 16.4 Å². The number of nitrogens with zero attached hydrogens (tertiary/aromatic N) is 3. The Balaban J connectivity index is 1.62. The first-order chi connectivity index (χ1) is 16.9. The average Bonchev–Trinajstić information content (AvgIpc) is 3.46. The maximum atomic E-state index is 12.3. The second-order valence-electron chi connectivity index (χ2n) is 7.27. The van der Waals surface area contributed by atoms with Gasteiger partial charge in [0.1, 0.15) is 33.5 Å². The highest BCUT2D eigenvalue weighted by molar-refractivity contribution is 14.1. The van der Waals surface area contributed by atoms with E-state index >= 15 is 0 Å². The molecule has 0 bridgehead atoms. The molecule has 1 aromatic carbocycles. The number of thiophene rings is 1. The Morgan fingerprint density at radius 1 is 1.31 bits per heavy atom. The minimum Gasteiger partial charge on any atom is -0.489 e. The molecule has 35 heavy (non-hydrogen) atoms. The number of aromatic amines is 1. The van der Waals surface area contributed by atoms with Crippen molar-refractivity contribution in [3.63, 3.8) is 0 Å². The molecule has 0 aliphatic rings. The van der Waals surface area contributed by atoms with Gasteiger partial charge in [0.25, 0.3) is 11.5 Å². The summed E-state index contributed by atoms with van der Waals surface area (Å²) in [5.74, 6) is 0.0524. The van der Waals surface area contributed by atoms with Gasteiger partial charge in [-0.3, -0.25) is 9.59 Å². The van der Waals surface area contributed by atoms with Crippen LogP contribution in [0.25, 0.3) is 16.8 Å². The zero-order valence-corrected chi connectivity index (χ0v) is 21.7. The van der Waals surface area contributed by atoms with Crippen LogP contribution in [0.15, 0.2) is 53.5 Å². The summed E-state index contributed by atoms with van der Waals surface area (Å²) in [7, 11) is 0. The van der Waals surface area contributed by atoms with Crippen molar-refractivity contribution in [3.8, 4) is 22.6 Å². The fraction of sp³-hybridized carbons (Fsp3) is 0.182. The summed E-state index contributed by atoms with van der Waals surface area (Å²) < 4.78 is 8.46. The van der Waals surface area contributed by atoms with Crippen molar-refractivity contribution in [2.75, 3.05) is 13.2 Å². The van der Waals surface area contributed by atoms with E-state index in [9.17, 15) is 14.7 Å². The predicted octanol–water partition coefficient (Wildman–Crippen LogP) is 2.60. The van der Waals surface area contributed by atoms with Crippen LogP contribution in [0.4, 0.5) is 0 Å². The molecule has 0 radical (unpaired) electrons. The Hall–Kier alpha value is -2.78. The fourth-order valence-electron chi connectivity index (χ4n) is 3.11. The number of hydrogen-bond acceptors (Lipinski definition) is 8. The minimum absolute atomic E-state index is 0.142. The van der Waals surface area contributed by atoms with Crippen LogP contribution in [0.3, 0.4) is 0 Å². The van der Waals surface area contributed by atoms with Gasteiger partial charge in [0.15, 0.2) is 0 Å². The van der Waals surface area contributed by atoms with E-state index in [2.05, 4.69) is 43.2 Å². The Bertz CT molecular complexity index is 1400. The first kappa shape index (κ1) is 25.3. The highest BCUT2D eigenvalue weighted by Crippen LogP contribution is 2.30. The molecule has 13 heteroatoms. The number of ether oxygens (including phenoxy) is 1. The van der Waals surface area contributed by atoms with Crippen molar-refractivity contribution in [3.05, 3.63) is 77.6 Å². The van der Waals surface area contributed by atoms with Crippen molar-refractivity contribution < 1.29 is 19.7 Å². The third-order valence-electron chi connectivity index (χ3n) is 4.85. The number of carbonyl (C=O) groups is 1. The number of carbonyl (C=O) groups excluding carboxylic acids is 1. The Labute approximate surface area is 221 Å². The number of halogens is 2. The topological polar surface area (TPSA) is 142 Å². The summed E-state index contributed by atoms with van der Waals surface area (Å²) in [6.45, 7) is -0.493. The van der Waals surface area contributed by atoms with Gasteiger partial charge in [-0.2, -0.15) is 0 Å². The summed E-state index contributed by atoms with van der Waals surface area (Å²) >= 11 is 9.14. The Kier molecular flexibility index (Phi) is 8.18. The molecule has 10 nitrogen and oxygen atoms in total. The van der Waals surface area contributed by atoms with Gasteiger partial charge >= 0.3 is 0 Å². The predicted molar refractivity (Wildman–Crippen MR) is 139 cm³/mol. The van der Waals surface area contributed by atoms with E-state index in [1.165, 1.54) is 16.0 Å². The number of hydrogen-bond donors (Lipinski definition) is 4. The maximum Gasteiger partial charge on any atom is 0.261 e. The number of pyridine rings is 1. The lowest BCUT2D eigenvalue weighted by atomic mass is 10.1. The molecule has 1 amide bonds. The molecule has 0 saturated heterocycles. The molecule has 1 atom stereocenters. The second-order valence-corrected chi connectivity index (χ2v) is 10.0. The summed E-state index contributed by atoms with van der Waals surface area (Å²) in [6.07, 6.45) is 0.457. The molecule has 0 aliphatic heterocycles. The minimum atomic E-state index is -1.09. The van der Waals surface area contributed by atoms with Crippen LogP contribution in [0, 0.1) is 3.70 Å². The molecule has 0 aliphatic carbocycles. The van der Waals surface area contributed by atoms with Gasteiger partial charge < -0.3 is 25.3 Å². The second kappa shape index (κ2) is 11.3. The Morgan fingerprint density at radius 3 is 2.86 bits per heavy atom. The number of aromatic nitrogens is 4. The third-order valence-corrected chi connectivity index (χ3v) is 7.16. The molecular formula is C22H19ClIN5O5S. The molecule has 0 unspecified atom stereocenters. The molecule has 3 heterocycles. The first-order valence-electron chi connectivity index (χ1n) is 10.2. The van der Waals surface area contributed by atoms with E-state index < -0.39 is 12.7 Å². The van der Waals surface area contributed by atoms with E-state index in [4.69, 9.17) is 21.4 Å². The number of nitrogens with one attached hydrogen (secondary N) is 2. The smallest absolute Gasteiger partial charge is 0.261 e. The maximum absolute atomic E-state index is 12.3. The summed E-state index contributed by atoms with van der Waals surface area (Å²) in [5, 5.41) is 30.1. The summed E-state index contributed by atoms with van der Waals surface area (Å²) in [4.78, 5) is 27.7. The van der Waals surface area contributed by atoms with Gasteiger partial charge in [-0.25, -0.2) is 4.68 Å². The van der Waals surface area contributed by atoms with Gasteiger partial charge in [0, 0.05) is 11.8 Å². The van der Waals surface area contributed by atoms with Gasteiger partial charge in [0.05, 0.1) is 22.4 Å². The van der Waals surface area contributed by atoms with Crippen LogP contribution in [-0.4, -0.2) is 55.4 Å². The molecule has 4 aromatic rings. The van der Waals surface area contributed by atoms with Gasteiger partial charge in [0.2, 0.25) is 0 Å². The molecule has 4 N–H and O–H groups in total. The van der Waals surface area contributed by atoms with Crippen molar-refractivity contribution >= 4 is 51.4 Å². The fourth-order valence-corrected chi connectivity index (χ4v) is 4.73. The monoisotopic (exact) mass is 627 g/mol. The standard InChI is InChI=1S/C22H19ClIN5O5S/c23-19-6-5-18(35-19)22(33)26-9-15-20(24)29(28-27-15)16-4-3-12(14-2-1-7-25-21(14)32)8-17(16)34-11-13(31)10-30/h1-8,13,30-31H,9-11H2,(H,25,32)(H,26,33)/t13-/m1/s1. The van der Waals surface area contributed by atoms with Crippen molar-refractivity contribution in [2.45, 2.75) is 12.6 Å². The van der Waals surface area contributed by atoms with E-state index in [0.29, 0.717) is 41.2 Å². The van der Waals surface area contributed by atoms with Crippen molar-refractivity contribution in [1.82, 2.24) is 25.3 Å². The lowest BCUT2D eigenvalue weighted by molar-refractivity contribution is 0.0535. The highest BCUT2D eigenvalue weighted by Gasteiger charge is 2.19. The molecule has 0 saturated carbocycles. The molecule has 0 fully saturated rings. The van der Waals surface area contributed by atoms with Gasteiger partial charge in [-0.1, -0.05) is 22.9 Å². The first-order valence-corrected chi connectivity index (χ1v) is 12.5. The molecule has 4 rings (SSSR count). The molecular weight excluding hydrogens is 609 g/mol. The van der Waals surface area contributed by atoms with E-state index in [0.717, 1.165) is 0 Å². The zero-order valence-electron chi connectivity index (χ0n) is 17.9. The normalized spacial score (nSPS) is 11.9. The van der Waals surface area contributed by atoms with Crippen molar-refractivity contribution in [2.24, 2.45) is 0 Å². The SMILES string of the molecule is O=C(NCc1nnn(-c2ccc(-c3ccc[nH]c3=O)cc2OC[C@H](O)CO)c1I)c1ccc(Cl)s1. The van der Waals surface area contributed by atoms with E-state index in [1.807, 2.05) is 0 Å². The summed E-state index contributed by atoms with van der Waals surface area (Å²) in [5.41, 5.74) is 1.82. The number of rotatable bonds is 9. The van der Waals surface area contributed by atoms with Crippen LogP contribution in [-0.2, 0) is 6.54 Å². The van der Waals surface area contributed by atoms with E-state index in [-0.39, 0.29) is 24.6 Å². The molecule has 0 spiro atoms. The third kappa shape index (κ3) is 5.90. The molecule has 182 valence electrons. The van der Waals surface area contributed by atoms with Crippen molar-refractivity contribution in [1.29, 1.82) is 0 Å². The number of H-pyrrole nitrogens is 1. The number of amides is 1. The molecule has 3 aromatic heterocycles. The van der Waals surface area contributed by atoms with E-state index in [1.54, 1.807) is 48.7 Å². The van der Waals surface area contributed by atoms with Gasteiger partial charge in [-0.05, 0) is 64.6 Å². The zero-order chi connectivity index (χ0) is 24.9. The Morgan fingerprint density at radius 2 is 2.14 bits per heavy atom. The number of aliphatic hydroxyl groups excluding tert-OH is 2. The lowest BCUT2D eigenvalue weighted by Crippen LogP contribution is -2.22. The van der Waals surface area contributed by atoms with Crippen LogP contribution in [0.1, 0.15) is 15.4 Å². The van der Waals surface area contributed by atoms with Crippen LogP contribution in [0.2, 0.25) is 4.34 Å². The largest absolute Gasteiger partial charge is 0.489 e. The quantitative estimate of drug-likeness (QED) is 0.209. The van der Waals surface area contributed by atoms with Crippen LogP contribution in [0.5, 0.6) is 5.75 Å². The average molecular weight is 628 g/mol. The highest BCUT2D eigenvalue weighted by atomic mass is 127. The number of benzene rings is 1. The lowest BCUT2D eigenvalue weighted by Gasteiger charge is -2.15.